The Labute approximate surface area is 133 Å². The maximum atomic E-state index is 12.9. The highest BCUT2D eigenvalue weighted by atomic mass is 79.9. The lowest BCUT2D eigenvalue weighted by molar-refractivity contribution is 0.112. The first kappa shape index (κ1) is 14.2. The standard InChI is InChI=1S/C15H10BrFN2OS/c16-14-9-21-8-13(14)15-11(7-20)6-19(18-15)5-10-1-3-12(17)4-2-10/h1-4,6-9H,5H2. The topological polar surface area (TPSA) is 34.9 Å². The molecule has 0 amide bonds. The molecule has 0 N–H and O–H groups in total. The van der Waals surface area contributed by atoms with Crippen molar-refractivity contribution in [3.63, 3.8) is 0 Å². The van der Waals surface area contributed by atoms with Gasteiger partial charge in [-0.2, -0.15) is 16.4 Å². The highest BCUT2D eigenvalue weighted by molar-refractivity contribution is 9.10. The van der Waals surface area contributed by atoms with Gasteiger partial charge in [-0.05, 0) is 33.6 Å². The van der Waals surface area contributed by atoms with Crippen LogP contribution in [0.2, 0.25) is 0 Å². The minimum Gasteiger partial charge on any atom is -0.298 e. The molecule has 6 heteroatoms. The summed E-state index contributed by atoms with van der Waals surface area (Å²) in [6.45, 7) is 0.489. The van der Waals surface area contributed by atoms with Gasteiger partial charge >= 0.3 is 0 Å². The molecule has 0 unspecified atom stereocenters. The molecule has 106 valence electrons. The molecule has 0 aliphatic heterocycles. The van der Waals surface area contributed by atoms with Gasteiger partial charge in [-0.15, -0.1) is 0 Å². The lowest BCUT2D eigenvalue weighted by atomic mass is 10.2. The van der Waals surface area contributed by atoms with Crippen LogP contribution in [0.4, 0.5) is 4.39 Å². The third kappa shape index (κ3) is 2.96. The third-order valence-corrected chi connectivity index (χ3v) is 4.75. The Hall–Kier alpha value is -1.79. The molecule has 2 aromatic heterocycles. The fourth-order valence-electron chi connectivity index (χ4n) is 2.04. The maximum absolute atomic E-state index is 12.9. The number of hydrogen-bond acceptors (Lipinski definition) is 3. The van der Waals surface area contributed by atoms with Gasteiger partial charge < -0.3 is 0 Å². The Morgan fingerprint density at radius 1 is 1.29 bits per heavy atom. The van der Waals surface area contributed by atoms with Crippen molar-refractivity contribution in [2.45, 2.75) is 6.54 Å². The van der Waals surface area contributed by atoms with Crippen LogP contribution in [0, 0.1) is 5.82 Å². The van der Waals surface area contributed by atoms with E-state index in [4.69, 9.17) is 0 Å². The molecule has 1 aromatic carbocycles. The quantitative estimate of drug-likeness (QED) is 0.644. The van der Waals surface area contributed by atoms with Crippen molar-refractivity contribution < 1.29 is 9.18 Å². The molecular formula is C15H10BrFN2OS. The first-order valence-corrected chi connectivity index (χ1v) is 7.90. The first-order valence-electron chi connectivity index (χ1n) is 6.16. The van der Waals surface area contributed by atoms with Gasteiger partial charge in [0.05, 0.1) is 12.1 Å². The smallest absolute Gasteiger partial charge is 0.153 e. The van der Waals surface area contributed by atoms with Crippen LogP contribution in [0.1, 0.15) is 15.9 Å². The van der Waals surface area contributed by atoms with Crippen molar-refractivity contribution in [3.8, 4) is 11.3 Å². The summed E-state index contributed by atoms with van der Waals surface area (Å²) < 4.78 is 15.5. The lowest BCUT2D eigenvalue weighted by Gasteiger charge is -2.01. The second kappa shape index (κ2) is 5.91. The number of thiophene rings is 1. The molecule has 3 aromatic rings. The Morgan fingerprint density at radius 3 is 2.67 bits per heavy atom. The predicted octanol–water partition coefficient (Wildman–Crippen LogP) is 4.37. The van der Waals surface area contributed by atoms with Crippen LogP contribution in [0.15, 0.2) is 45.7 Å². The van der Waals surface area contributed by atoms with Crippen molar-refractivity contribution in [2.75, 3.05) is 0 Å². The zero-order chi connectivity index (χ0) is 14.8. The number of rotatable bonds is 4. The first-order chi connectivity index (χ1) is 10.2. The van der Waals surface area contributed by atoms with E-state index in [9.17, 15) is 9.18 Å². The Bertz CT molecular complexity index is 779. The summed E-state index contributed by atoms with van der Waals surface area (Å²) in [5.74, 6) is -0.268. The van der Waals surface area contributed by atoms with Crippen LogP contribution >= 0.6 is 27.3 Å². The van der Waals surface area contributed by atoms with Crippen LogP contribution in [-0.4, -0.2) is 16.1 Å². The van der Waals surface area contributed by atoms with Gasteiger partial charge in [-0.25, -0.2) is 4.39 Å². The van der Waals surface area contributed by atoms with Crippen molar-refractivity contribution in [1.82, 2.24) is 9.78 Å². The normalized spacial score (nSPS) is 10.8. The molecule has 0 fully saturated rings. The number of carbonyl (C=O) groups is 1. The largest absolute Gasteiger partial charge is 0.298 e. The molecular weight excluding hydrogens is 355 g/mol. The van der Waals surface area contributed by atoms with E-state index in [2.05, 4.69) is 21.0 Å². The number of benzene rings is 1. The average Bonchev–Trinajstić information content (AvgIpc) is 3.07. The number of hydrogen-bond donors (Lipinski definition) is 0. The minimum atomic E-state index is -0.268. The van der Waals surface area contributed by atoms with E-state index < -0.39 is 0 Å². The molecule has 3 rings (SSSR count). The second-order valence-corrected chi connectivity index (χ2v) is 6.11. The van der Waals surface area contributed by atoms with Crippen LogP contribution in [0.3, 0.4) is 0 Å². The van der Waals surface area contributed by atoms with E-state index in [0.29, 0.717) is 17.8 Å². The van der Waals surface area contributed by atoms with Crippen molar-refractivity contribution >= 4 is 33.6 Å². The lowest BCUT2D eigenvalue weighted by Crippen LogP contribution is -2.00. The summed E-state index contributed by atoms with van der Waals surface area (Å²) in [7, 11) is 0. The summed E-state index contributed by atoms with van der Waals surface area (Å²) in [6.07, 6.45) is 2.50. The van der Waals surface area contributed by atoms with Crippen molar-refractivity contribution in [2.24, 2.45) is 0 Å². The Balaban J connectivity index is 1.94. The van der Waals surface area contributed by atoms with E-state index >= 15 is 0 Å². The molecule has 0 aliphatic carbocycles. The van der Waals surface area contributed by atoms with Gasteiger partial charge in [0, 0.05) is 27.0 Å². The number of nitrogens with zero attached hydrogens (tertiary/aromatic N) is 2. The molecule has 0 atom stereocenters. The minimum absolute atomic E-state index is 0.268. The van der Waals surface area contributed by atoms with Gasteiger partial charge in [0.25, 0.3) is 0 Å². The molecule has 0 radical (unpaired) electrons. The second-order valence-electron chi connectivity index (χ2n) is 4.51. The molecule has 0 saturated carbocycles. The summed E-state index contributed by atoms with van der Waals surface area (Å²) in [6, 6.07) is 6.24. The highest BCUT2D eigenvalue weighted by Crippen LogP contribution is 2.32. The third-order valence-electron chi connectivity index (χ3n) is 3.04. The number of aromatic nitrogens is 2. The number of carbonyl (C=O) groups excluding carboxylic acids is 1. The van der Waals surface area contributed by atoms with Gasteiger partial charge in [-0.3, -0.25) is 9.48 Å². The fourth-order valence-corrected chi connectivity index (χ4v) is 3.51. The summed E-state index contributed by atoms with van der Waals surface area (Å²) in [5, 5.41) is 8.36. The number of halogens is 2. The Morgan fingerprint density at radius 2 is 2.05 bits per heavy atom. The van der Waals surface area contributed by atoms with Gasteiger partial charge in [0.15, 0.2) is 6.29 Å². The molecule has 0 aliphatic rings. The summed E-state index contributed by atoms with van der Waals surface area (Å²) in [5.41, 5.74) is 3.02. The maximum Gasteiger partial charge on any atom is 0.153 e. The number of aldehydes is 1. The zero-order valence-corrected chi connectivity index (χ0v) is 13.2. The van der Waals surface area contributed by atoms with E-state index in [0.717, 1.165) is 21.9 Å². The van der Waals surface area contributed by atoms with E-state index in [1.165, 1.54) is 12.1 Å². The van der Waals surface area contributed by atoms with E-state index in [1.54, 1.807) is 34.3 Å². The summed E-state index contributed by atoms with van der Waals surface area (Å²) >= 11 is 5.00. The zero-order valence-electron chi connectivity index (χ0n) is 10.8. The fraction of sp³-hybridized carbons (Fsp3) is 0.0667. The van der Waals surface area contributed by atoms with Crippen LogP contribution in [0.25, 0.3) is 11.3 Å². The monoisotopic (exact) mass is 364 g/mol. The van der Waals surface area contributed by atoms with Gasteiger partial charge in [0.1, 0.15) is 11.5 Å². The molecule has 0 spiro atoms. The SMILES string of the molecule is O=Cc1cn(Cc2ccc(F)cc2)nc1-c1cscc1Br. The van der Waals surface area contributed by atoms with Crippen LogP contribution < -0.4 is 0 Å². The van der Waals surface area contributed by atoms with Crippen LogP contribution in [0.5, 0.6) is 0 Å². The molecule has 2 heterocycles. The van der Waals surface area contributed by atoms with Gasteiger partial charge in [-0.1, -0.05) is 12.1 Å². The highest BCUT2D eigenvalue weighted by Gasteiger charge is 2.14. The van der Waals surface area contributed by atoms with E-state index in [-0.39, 0.29) is 5.82 Å². The summed E-state index contributed by atoms with van der Waals surface area (Å²) in [4.78, 5) is 11.2. The van der Waals surface area contributed by atoms with Crippen LogP contribution in [-0.2, 0) is 6.54 Å². The molecule has 0 bridgehead atoms. The van der Waals surface area contributed by atoms with E-state index in [1.807, 2.05) is 10.8 Å². The van der Waals surface area contributed by atoms with Crippen molar-refractivity contribution in [1.29, 1.82) is 0 Å². The molecule has 21 heavy (non-hydrogen) atoms. The van der Waals surface area contributed by atoms with Gasteiger partial charge in [0.2, 0.25) is 0 Å². The Kier molecular flexibility index (Phi) is 3.98. The predicted molar refractivity (Wildman–Crippen MR) is 84.1 cm³/mol. The average molecular weight is 365 g/mol. The molecule has 0 saturated heterocycles. The van der Waals surface area contributed by atoms with Crippen molar-refractivity contribution in [3.05, 3.63) is 62.6 Å². The molecule has 3 nitrogen and oxygen atoms in total.